The number of nitrogens with zero attached hydrogens (tertiary/aromatic N) is 1. The fourth-order valence-corrected chi connectivity index (χ4v) is 1.71. The third-order valence-electron chi connectivity index (χ3n) is 2.55. The number of fused-ring (bicyclic) bond motifs is 1. The van der Waals surface area contributed by atoms with Crippen LogP contribution < -0.4 is 5.43 Å². The highest BCUT2D eigenvalue weighted by molar-refractivity contribution is 5.85. The van der Waals surface area contributed by atoms with E-state index in [4.69, 9.17) is 4.42 Å². The van der Waals surface area contributed by atoms with Crippen molar-refractivity contribution < 1.29 is 9.52 Å². The number of nitrogens with one attached hydrogen (secondary N) is 1. The number of aromatic nitrogens is 2. The summed E-state index contributed by atoms with van der Waals surface area (Å²) in [6.07, 6.45) is 4.41. The summed E-state index contributed by atoms with van der Waals surface area (Å²) in [5.74, 6) is 0.0648. The van der Waals surface area contributed by atoms with E-state index in [0.717, 1.165) is 0 Å². The lowest BCUT2D eigenvalue weighted by Crippen LogP contribution is -2.04. The molecule has 18 heavy (non-hydrogen) atoms. The molecule has 1 aromatic carbocycles. The number of phenols is 1. The van der Waals surface area contributed by atoms with E-state index in [9.17, 15) is 9.90 Å². The van der Waals surface area contributed by atoms with Gasteiger partial charge in [0.15, 0.2) is 0 Å². The molecule has 3 aromatic rings. The summed E-state index contributed by atoms with van der Waals surface area (Å²) in [6.45, 7) is 0. The molecule has 0 aliphatic rings. The third-order valence-corrected chi connectivity index (χ3v) is 2.55. The van der Waals surface area contributed by atoms with Crippen LogP contribution in [0.4, 0.5) is 0 Å². The Morgan fingerprint density at radius 3 is 2.89 bits per heavy atom. The number of phenolic OH excluding ortho intramolecular Hbond substituents is 1. The fraction of sp³-hybridized carbons (Fsp3) is 0. The van der Waals surface area contributed by atoms with Gasteiger partial charge in [0.1, 0.15) is 17.6 Å². The number of hydrogen-bond donors (Lipinski definition) is 2. The number of H-pyrrole nitrogens is 1. The second-order valence-electron chi connectivity index (χ2n) is 3.62. The number of aromatic hydroxyl groups is 1. The molecular formula is C12H9ClN2O3. The van der Waals surface area contributed by atoms with E-state index in [2.05, 4.69) is 9.97 Å². The molecule has 0 saturated carbocycles. The molecular weight excluding hydrogens is 256 g/mol. The molecule has 0 aliphatic carbocycles. The summed E-state index contributed by atoms with van der Waals surface area (Å²) in [5.41, 5.74) is 1.23. The minimum absolute atomic E-state index is 0. The minimum Gasteiger partial charge on any atom is -0.508 e. The van der Waals surface area contributed by atoms with Crippen molar-refractivity contribution in [3.8, 4) is 17.0 Å². The van der Waals surface area contributed by atoms with Crippen LogP contribution in [0.5, 0.6) is 5.75 Å². The molecule has 2 aromatic heterocycles. The Labute approximate surface area is 108 Å². The van der Waals surface area contributed by atoms with E-state index in [1.54, 1.807) is 6.20 Å². The highest BCUT2D eigenvalue weighted by atomic mass is 35.5. The SMILES string of the molecule is Cl.O=c1c(-c2cnc[nH]2)coc2cc(O)ccc12. The topological polar surface area (TPSA) is 79.1 Å². The molecule has 0 bridgehead atoms. The van der Waals surface area contributed by atoms with Gasteiger partial charge in [0, 0.05) is 6.07 Å². The normalized spacial score (nSPS) is 10.2. The molecule has 2 heterocycles. The second kappa shape index (κ2) is 4.54. The lowest BCUT2D eigenvalue weighted by Gasteiger charge is -2.00. The van der Waals surface area contributed by atoms with Crippen molar-refractivity contribution in [3.63, 3.8) is 0 Å². The number of benzene rings is 1. The van der Waals surface area contributed by atoms with Crippen molar-refractivity contribution in [1.82, 2.24) is 9.97 Å². The molecule has 2 N–H and O–H groups in total. The lowest BCUT2D eigenvalue weighted by molar-refractivity contribution is 0.474. The first-order valence-corrected chi connectivity index (χ1v) is 4.99. The Morgan fingerprint density at radius 1 is 1.33 bits per heavy atom. The van der Waals surface area contributed by atoms with Crippen molar-refractivity contribution in [1.29, 1.82) is 0 Å². The van der Waals surface area contributed by atoms with Gasteiger partial charge in [0.25, 0.3) is 0 Å². The zero-order chi connectivity index (χ0) is 11.8. The maximum Gasteiger partial charge on any atom is 0.202 e. The Balaban J connectivity index is 0.00000120. The van der Waals surface area contributed by atoms with Crippen LogP contribution in [0.25, 0.3) is 22.2 Å². The van der Waals surface area contributed by atoms with E-state index >= 15 is 0 Å². The van der Waals surface area contributed by atoms with Gasteiger partial charge in [0.05, 0.1) is 29.2 Å². The van der Waals surface area contributed by atoms with Crippen molar-refractivity contribution in [2.24, 2.45) is 0 Å². The Kier molecular flexibility index (Phi) is 3.08. The van der Waals surface area contributed by atoms with E-state index in [1.807, 2.05) is 0 Å². The molecule has 0 saturated heterocycles. The summed E-state index contributed by atoms with van der Waals surface area (Å²) in [7, 11) is 0. The van der Waals surface area contributed by atoms with Crippen LogP contribution in [0.1, 0.15) is 0 Å². The van der Waals surface area contributed by atoms with Crippen LogP contribution in [0.15, 0.2) is 46.2 Å². The summed E-state index contributed by atoms with van der Waals surface area (Å²) < 4.78 is 5.32. The number of imidazole rings is 1. The van der Waals surface area contributed by atoms with Crippen molar-refractivity contribution in [2.75, 3.05) is 0 Å². The van der Waals surface area contributed by atoms with Gasteiger partial charge < -0.3 is 14.5 Å². The van der Waals surface area contributed by atoms with Crippen LogP contribution in [0.2, 0.25) is 0 Å². The van der Waals surface area contributed by atoms with E-state index in [0.29, 0.717) is 22.2 Å². The molecule has 3 rings (SSSR count). The quantitative estimate of drug-likeness (QED) is 0.707. The molecule has 0 spiro atoms. The van der Waals surface area contributed by atoms with Crippen LogP contribution in [-0.2, 0) is 0 Å². The first-order valence-electron chi connectivity index (χ1n) is 4.99. The predicted octanol–water partition coefficient (Wildman–Crippen LogP) is 2.31. The number of halogens is 1. The van der Waals surface area contributed by atoms with E-state index in [-0.39, 0.29) is 23.6 Å². The Morgan fingerprint density at radius 2 is 2.17 bits per heavy atom. The smallest absolute Gasteiger partial charge is 0.202 e. The van der Waals surface area contributed by atoms with Gasteiger partial charge >= 0.3 is 0 Å². The third kappa shape index (κ3) is 1.84. The van der Waals surface area contributed by atoms with Gasteiger partial charge in [-0.2, -0.15) is 0 Å². The summed E-state index contributed by atoms with van der Waals surface area (Å²) in [5, 5.41) is 9.72. The average Bonchev–Trinajstić information content (AvgIpc) is 2.82. The average molecular weight is 265 g/mol. The maximum atomic E-state index is 12.1. The highest BCUT2D eigenvalue weighted by Crippen LogP contribution is 2.20. The molecule has 0 unspecified atom stereocenters. The molecule has 6 heteroatoms. The number of hydrogen-bond acceptors (Lipinski definition) is 4. The molecule has 92 valence electrons. The zero-order valence-electron chi connectivity index (χ0n) is 9.08. The Bertz CT molecular complexity index is 735. The lowest BCUT2D eigenvalue weighted by atomic mass is 10.1. The van der Waals surface area contributed by atoms with E-state index in [1.165, 1.54) is 30.8 Å². The predicted molar refractivity (Wildman–Crippen MR) is 69.0 cm³/mol. The standard InChI is InChI=1S/C12H8N2O3.ClH/c15-7-1-2-8-11(3-7)17-5-9(12(8)16)10-4-13-6-14-10;/h1-6,15H,(H,13,14);1H. The van der Waals surface area contributed by atoms with Crippen LogP contribution in [0.3, 0.4) is 0 Å². The molecule has 0 amide bonds. The van der Waals surface area contributed by atoms with Crippen molar-refractivity contribution in [2.45, 2.75) is 0 Å². The maximum absolute atomic E-state index is 12.1. The van der Waals surface area contributed by atoms with Gasteiger partial charge in [0.2, 0.25) is 5.43 Å². The minimum atomic E-state index is -0.157. The van der Waals surface area contributed by atoms with Gasteiger partial charge in [-0.1, -0.05) is 0 Å². The van der Waals surface area contributed by atoms with Crippen molar-refractivity contribution >= 4 is 23.4 Å². The molecule has 5 nitrogen and oxygen atoms in total. The van der Waals surface area contributed by atoms with Gasteiger partial charge in [-0.3, -0.25) is 4.79 Å². The molecule has 0 aliphatic heterocycles. The molecule has 0 atom stereocenters. The van der Waals surface area contributed by atoms with E-state index < -0.39 is 0 Å². The van der Waals surface area contributed by atoms with Crippen LogP contribution in [0, 0.1) is 0 Å². The second-order valence-corrected chi connectivity index (χ2v) is 3.62. The highest BCUT2D eigenvalue weighted by Gasteiger charge is 2.10. The fourth-order valence-electron chi connectivity index (χ4n) is 1.71. The van der Waals surface area contributed by atoms with Crippen LogP contribution >= 0.6 is 12.4 Å². The summed E-state index contributed by atoms with van der Waals surface area (Å²) >= 11 is 0. The first kappa shape index (κ1) is 12.2. The van der Waals surface area contributed by atoms with Crippen molar-refractivity contribution in [3.05, 3.63) is 47.2 Å². The zero-order valence-corrected chi connectivity index (χ0v) is 9.90. The largest absolute Gasteiger partial charge is 0.508 e. The monoisotopic (exact) mass is 264 g/mol. The summed E-state index contributed by atoms with van der Waals surface area (Å²) in [4.78, 5) is 18.9. The van der Waals surface area contributed by atoms with Gasteiger partial charge in [-0.15, -0.1) is 12.4 Å². The molecule has 0 radical (unpaired) electrons. The van der Waals surface area contributed by atoms with Gasteiger partial charge in [-0.25, -0.2) is 4.98 Å². The van der Waals surface area contributed by atoms with Gasteiger partial charge in [-0.05, 0) is 12.1 Å². The Hall–Kier alpha value is -2.27. The number of aromatic amines is 1. The first-order chi connectivity index (χ1) is 8.25. The van der Waals surface area contributed by atoms with Crippen LogP contribution in [-0.4, -0.2) is 15.1 Å². The number of rotatable bonds is 1. The summed E-state index contributed by atoms with van der Waals surface area (Å²) in [6, 6.07) is 4.40. The molecule has 0 fully saturated rings.